The minimum Gasteiger partial charge on any atom is -0.293 e. The zero-order valence-electron chi connectivity index (χ0n) is 12.3. The van der Waals surface area contributed by atoms with Crippen molar-refractivity contribution in [2.24, 2.45) is 5.84 Å². The van der Waals surface area contributed by atoms with Crippen molar-refractivity contribution in [1.29, 1.82) is 0 Å². The third-order valence-corrected chi connectivity index (χ3v) is 6.16. The fourth-order valence-electron chi connectivity index (χ4n) is 1.91. The summed E-state index contributed by atoms with van der Waals surface area (Å²) < 4.78 is 26.7. The first-order valence-electron chi connectivity index (χ1n) is 6.59. The molecule has 11 heteroatoms. The van der Waals surface area contributed by atoms with Crippen LogP contribution in [0, 0.1) is 0 Å². The molecule has 0 aliphatic heterocycles. The quantitative estimate of drug-likeness (QED) is 0.321. The second kappa shape index (κ2) is 7.99. The Bertz CT molecular complexity index is 904. The molecule has 2 aromatic carbocycles. The maximum absolute atomic E-state index is 13.0. The van der Waals surface area contributed by atoms with Crippen LogP contribution in [-0.4, -0.2) is 20.9 Å². The highest BCUT2D eigenvalue weighted by Crippen LogP contribution is 2.37. The molecule has 0 atom stereocenters. The van der Waals surface area contributed by atoms with Gasteiger partial charge >= 0.3 is 0 Å². The highest BCUT2D eigenvalue weighted by Gasteiger charge is 2.29. The standard InChI is InChI=1S/C14H11Cl4N3O3S/c15-8-1-3-9(4-2-8)25(23,24)21(7-14(22)20-19)13-6-11(17)10(16)5-12(13)18/h1-6H,7,19H2,(H,20,22). The third-order valence-electron chi connectivity index (χ3n) is 3.11. The molecule has 0 unspecified atom stereocenters. The number of nitrogens with two attached hydrogens (primary N) is 1. The predicted octanol–water partition coefficient (Wildman–Crippen LogP) is 3.49. The van der Waals surface area contributed by atoms with Gasteiger partial charge in [0.2, 0.25) is 0 Å². The summed E-state index contributed by atoms with van der Waals surface area (Å²) in [5.41, 5.74) is 1.86. The predicted molar refractivity (Wildman–Crippen MR) is 99.8 cm³/mol. The van der Waals surface area contributed by atoms with Gasteiger partial charge in [-0.3, -0.25) is 14.5 Å². The fourth-order valence-corrected chi connectivity index (χ4v) is 4.16. The molecule has 2 aromatic rings. The summed E-state index contributed by atoms with van der Waals surface area (Å²) in [6.07, 6.45) is 0. The molecular weight excluding hydrogens is 432 g/mol. The molecule has 0 aliphatic carbocycles. The summed E-state index contributed by atoms with van der Waals surface area (Å²) in [6, 6.07) is 7.96. The number of sulfonamides is 1. The summed E-state index contributed by atoms with van der Waals surface area (Å²) in [7, 11) is -4.16. The van der Waals surface area contributed by atoms with Gasteiger partial charge in [-0.1, -0.05) is 46.4 Å². The van der Waals surface area contributed by atoms with E-state index in [1.807, 2.05) is 5.43 Å². The molecule has 25 heavy (non-hydrogen) atoms. The molecule has 0 aromatic heterocycles. The Morgan fingerprint density at radius 3 is 2.12 bits per heavy atom. The number of nitrogens with one attached hydrogen (secondary N) is 1. The summed E-state index contributed by atoms with van der Waals surface area (Å²) in [5, 5.41) is 0.572. The number of carbonyl (C=O) groups excluding carboxylic acids is 1. The largest absolute Gasteiger partial charge is 0.293 e. The zero-order valence-corrected chi connectivity index (χ0v) is 16.2. The highest BCUT2D eigenvalue weighted by atomic mass is 35.5. The topological polar surface area (TPSA) is 92.5 Å². The first-order valence-corrected chi connectivity index (χ1v) is 9.54. The number of anilines is 1. The van der Waals surface area contributed by atoms with Gasteiger partial charge in [-0.15, -0.1) is 0 Å². The number of hydrogen-bond acceptors (Lipinski definition) is 4. The summed E-state index contributed by atoms with van der Waals surface area (Å²) in [6.45, 7) is -0.612. The third kappa shape index (κ3) is 4.49. The lowest BCUT2D eigenvalue weighted by Gasteiger charge is -2.25. The first kappa shape index (κ1) is 20.1. The highest BCUT2D eigenvalue weighted by molar-refractivity contribution is 7.92. The van der Waals surface area contributed by atoms with Crippen LogP contribution in [0.3, 0.4) is 0 Å². The molecule has 0 radical (unpaired) electrons. The smallest absolute Gasteiger partial charge is 0.264 e. The Hall–Kier alpha value is -1.22. The Morgan fingerprint density at radius 2 is 1.56 bits per heavy atom. The molecule has 134 valence electrons. The molecule has 0 spiro atoms. The summed E-state index contributed by atoms with van der Waals surface area (Å²) in [5.74, 6) is 4.32. The van der Waals surface area contributed by atoms with Crippen LogP contribution in [-0.2, 0) is 14.8 Å². The van der Waals surface area contributed by atoms with Gasteiger partial charge in [0.25, 0.3) is 15.9 Å². The van der Waals surface area contributed by atoms with Crippen LogP contribution in [0.15, 0.2) is 41.3 Å². The lowest BCUT2D eigenvalue weighted by atomic mass is 10.3. The molecule has 1 amide bonds. The SMILES string of the molecule is NNC(=O)CN(c1cc(Cl)c(Cl)cc1Cl)S(=O)(=O)c1ccc(Cl)cc1. The molecule has 2 rings (SSSR count). The van der Waals surface area contributed by atoms with Crippen molar-refractivity contribution < 1.29 is 13.2 Å². The summed E-state index contributed by atoms with van der Waals surface area (Å²) in [4.78, 5) is 11.6. The average molecular weight is 443 g/mol. The number of amides is 1. The number of hydrazine groups is 1. The van der Waals surface area contributed by atoms with Crippen LogP contribution in [0.25, 0.3) is 0 Å². The average Bonchev–Trinajstić information content (AvgIpc) is 2.56. The molecule has 0 saturated heterocycles. The molecule has 0 heterocycles. The number of nitrogens with zero attached hydrogens (tertiary/aromatic N) is 1. The molecule has 0 fully saturated rings. The van der Waals surface area contributed by atoms with E-state index in [0.29, 0.717) is 5.02 Å². The maximum atomic E-state index is 13.0. The van der Waals surface area contributed by atoms with E-state index in [1.54, 1.807) is 0 Å². The van der Waals surface area contributed by atoms with E-state index in [4.69, 9.17) is 52.2 Å². The second-order valence-corrected chi connectivity index (χ2v) is 8.27. The first-order chi connectivity index (χ1) is 11.7. The molecule has 0 saturated carbocycles. The van der Waals surface area contributed by atoms with Gasteiger partial charge in [-0.05, 0) is 36.4 Å². The van der Waals surface area contributed by atoms with Crippen LogP contribution < -0.4 is 15.6 Å². The van der Waals surface area contributed by atoms with Crippen molar-refractivity contribution in [2.45, 2.75) is 4.90 Å². The van der Waals surface area contributed by atoms with Gasteiger partial charge in [0, 0.05) is 5.02 Å². The fraction of sp³-hybridized carbons (Fsp3) is 0.0714. The maximum Gasteiger partial charge on any atom is 0.264 e. The number of hydrogen-bond donors (Lipinski definition) is 2. The van der Waals surface area contributed by atoms with Gasteiger partial charge < -0.3 is 0 Å². The van der Waals surface area contributed by atoms with Crippen molar-refractivity contribution >= 4 is 68.0 Å². The van der Waals surface area contributed by atoms with E-state index in [2.05, 4.69) is 0 Å². The van der Waals surface area contributed by atoms with Crippen molar-refractivity contribution in [3.63, 3.8) is 0 Å². The van der Waals surface area contributed by atoms with Crippen molar-refractivity contribution in [3.05, 3.63) is 56.5 Å². The van der Waals surface area contributed by atoms with E-state index in [9.17, 15) is 13.2 Å². The van der Waals surface area contributed by atoms with Gasteiger partial charge in [0.05, 0.1) is 25.7 Å². The normalized spacial score (nSPS) is 11.2. The van der Waals surface area contributed by atoms with Crippen LogP contribution in [0.5, 0.6) is 0 Å². The Morgan fingerprint density at radius 1 is 1.00 bits per heavy atom. The van der Waals surface area contributed by atoms with Crippen molar-refractivity contribution in [2.75, 3.05) is 10.8 Å². The number of carbonyl (C=O) groups is 1. The number of rotatable bonds is 5. The minimum atomic E-state index is -4.16. The lowest BCUT2D eigenvalue weighted by molar-refractivity contribution is -0.119. The van der Waals surface area contributed by atoms with Gasteiger partial charge in [-0.25, -0.2) is 14.3 Å². The molecule has 0 aliphatic rings. The van der Waals surface area contributed by atoms with Crippen molar-refractivity contribution in [3.8, 4) is 0 Å². The van der Waals surface area contributed by atoms with Crippen molar-refractivity contribution in [1.82, 2.24) is 5.43 Å². The van der Waals surface area contributed by atoms with Gasteiger partial charge in [0.1, 0.15) is 6.54 Å². The molecular formula is C14H11Cl4N3O3S. The van der Waals surface area contributed by atoms with Crippen LogP contribution >= 0.6 is 46.4 Å². The van der Waals surface area contributed by atoms with Crippen LogP contribution in [0.4, 0.5) is 5.69 Å². The van der Waals surface area contributed by atoms with E-state index in [-0.39, 0.29) is 25.7 Å². The van der Waals surface area contributed by atoms with Gasteiger partial charge in [0.15, 0.2) is 0 Å². The molecule has 3 N–H and O–H groups in total. The van der Waals surface area contributed by atoms with E-state index in [1.165, 1.54) is 36.4 Å². The molecule has 6 nitrogen and oxygen atoms in total. The Balaban J connectivity index is 2.62. The second-order valence-electron chi connectivity index (χ2n) is 4.75. The minimum absolute atomic E-state index is 0.00300. The Labute approximate surface area is 164 Å². The zero-order chi connectivity index (χ0) is 18.8. The molecule has 0 bridgehead atoms. The van der Waals surface area contributed by atoms with E-state index in [0.717, 1.165) is 4.31 Å². The van der Waals surface area contributed by atoms with E-state index >= 15 is 0 Å². The van der Waals surface area contributed by atoms with Gasteiger partial charge in [-0.2, -0.15) is 0 Å². The lowest BCUT2D eigenvalue weighted by Crippen LogP contribution is -2.43. The number of benzene rings is 2. The van der Waals surface area contributed by atoms with Crippen LogP contribution in [0.1, 0.15) is 0 Å². The van der Waals surface area contributed by atoms with Crippen LogP contribution in [0.2, 0.25) is 20.1 Å². The van der Waals surface area contributed by atoms with E-state index < -0.39 is 22.5 Å². The summed E-state index contributed by atoms with van der Waals surface area (Å²) >= 11 is 23.7. The Kier molecular flexibility index (Phi) is 6.42. The number of halogens is 4. The monoisotopic (exact) mass is 441 g/mol.